The van der Waals surface area contributed by atoms with Gasteiger partial charge in [-0.25, -0.2) is 4.79 Å². The summed E-state index contributed by atoms with van der Waals surface area (Å²) >= 11 is 0. The van der Waals surface area contributed by atoms with Gasteiger partial charge in [0.2, 0.25) is 0 Å². The lowest BCUT2D eigenvalue weighted by molar-refractivity contribution is -0.139. The van der Waals surface area contributed by atoms with Crippen molar-refractivity contribution in [2.45, 2.75) is 51.4 Å². The number of Topliss-reactive ketones (excluding diaryl/α,β-unsaturated/α-hetero) is 1. The number of carbonyl (C=O) groups excluding carboxylic acids is 2. The molecule has 4 rings (SSSR count). The Morgan fingerprint density at radius 1 is 0.923 bits per heavy atom. The lowest BCUT2D eigenvalue weighted by Gasteiger charge is -2.37. The van der Waals surface area contributed by atoms with E-state index in [0.29, 0.717) is 64.9 Å². The zero-order valence-electron chi connectivity index (χ0n) is 23.5. The van der Waals surface area contributed by atoms with Crippen LogP contribution in [-0.4, -0.2) is 46.8 Å². The number of nitrogens with one attached hydrogen (secondary N) is 1. The molecule has 208 valence electrons. The number of rotatable bonds is 10. The third-order valence-electron chi connectivity index (χ3n) is 7.41. The molecule has 1 N–H and O–H groups in total. The number of hydrogen-bond donors (Lipinski definition) is 1. The Hall–Kier alpha value is -3.94. The number of ketones is 1. The summed E-state index contributed by atoms with van der Waals surface area (Å²) in [7, 11) is 6.34. The van der Waals surface area contributed by atoms with Crippen molar-refractivity contribution in [1.82, 2.24) is 5.32 Å². The van der Waals surface area contributed by atoms with Crippen LogP contribution < -0.4 is 24.3 Å². The van der Waals surface area contributed by atoms with Crippen LogP contribution in [0.5, 0.6) is 23.0 Å². The Morgan fingerprint density at radius 2 is 1.67 bits per heavy atom. The van der Waals surface area contributed by atoms with E-state index in [1.807, 2.05) is 44.2 Å². The molecule has 39 heavy (non-hydrogen) atoms. The molecule has 0 fully saturated rings. The molecule has 0 aromatic heterocycles. The predicted octanol–water partition coefficient (Wildman–Crippen LogP) is 5.43. The number of methoxy groups -OCH3 is 4. The van der Waals surface area contributed by atoms with Gasteiger partial charge in [0.25, 0.3) is 0 Å². The molecule has 2 aromatic carbocycles. The van der Waals surface area contributed by atoms with E-state index in [0.717, 1.165) is 24.1 Å². The van der Waals surface area contributed by atoms with Crippen molar-refractivity contribution in [2.24, 2.45) is 0 Å². The quantitative estimate of drug-likeness (QED) is 0.318. The normalized spacial score (nSPS) is 18.8. The molecule has 8 nitrogen and oxygen atoms in total. The molecule has 8 heteroatoms. The molecule has 0 amide bonds. The van der Waals surface area contributed by atoms with Crippen LogP contribution in [0.25, 0.3) is 0 Å². The van der Waals surface area contributed by atoms with Crippen LogP contribution in [0.3, 0.4) is 0 Å². The van der Waals surface area contributed by atoms with Gasteiger partial charge in [-0.15, -0.1) is 0 Å². The number of unbranched alkanes of at least 4 members (excludes halogenated alkanes) is 1. The Morgan fingerprint density at radius 3 is 2.33 bits per heavy atom. The van der Waals surface area contributed by atoms with Crippen LogP contribution in [0.4, 0.5) is 0 Å². The summed E-state index contributed by atoms with van der Waals surface area (Å²) in [5.41, 5.74) is 4.16. The zero-order valence-corrected chi connectivity index (χ0v) is 23.5. The van der Waals surface area contributed by atoms with E-state index in [2.05, 4.69) is 5.32 Å². The minimum Gasteiger partial charge on any atom is -0.497 e. The minimum atomic E-state index is -0.630. The van der Waals surface area contributed by atoms with Crippen LogP contribution in [0.15, 0.2) is 58.9 Å². The molecular formula is C31H37NO7. The maximum atomic E-state index is 13.9. The smallest absolute Gasteiger partial charge is 0.336 e. The van der Waals surface area contributed by atoms with E-state index in [4.69, 9.17) is 23.7 Å². The summed E-state index contributed by atoms with van der Waals surface area (Å²) in [5.74, 6) is 1.26. The summed E-state index contributed by atoms with van der Waals surface area (Å²) in [6.07, 6.45) is 2.57. The third-order valence-corrected chi connectivity index (χ3v) is 7.41. The van der Waals surface area contributed by atoms with Crippen molar-refractivity contribution in [2.75, 3.05) is 35.0 Å². The predicted molar refractivity (Wildman–Crippen MR) is 148 cm³/mol. The standard InChI is InChI=1S/C31H37NO7/c1-7-8-13-39-31(34)28-18(2)32-23-14-20(19-9-12-25(36-4)27(16-19)38-6)15-24(33)30(23)29(28)22-11-10-21(35-3)17-26(22)37-5/h9-12,16-17,20,29,32H,7-8,13-15H2,1-6H3/t20-,29-/m0/s1. The van der Waals surface area contributed by atoms with Gasteiger partial charge >= 0.3 is 5.97 Å². The van der Waals surface area contributed by atoms with Crippen LogP contribution in [0.2, 0.25) is 0 Å². The van der Waals surface area contributed by atoms with Gasteiger partial charge in [-0.2, -0.15) is 0 Å². The van der Waals surface area contributed by atoms with Crippen molar-refractivity contribution < 1.29 is 33.3 Å². The van der Waals surface area contributed by atoms with Crippen LogP contribution in [0, 0.1) is 0 Å². The fourth-order valence-corrected chi connectivity index (χ4v) is 5.41. The molecule has 0 spiro atoms. The van der Waals surface area contributed by atoms with Gasteiger partial charge in [-0.1, -0.05) is 25.5 Å². The molecule has 1 aliphatic carbocycles. The van der Waals surface area contributed by atoms with E-state index in [9.17, 15) is 9.59 Å². The second-order valence-electron chi connectivity index (χ2n) is 9.73. The SMILES string of the molecule is CCCCOC(=O)C1=C(C)NC2=C(C(=O)C[C@@H](c3ccc(OC)c(OC)c3)C2)[C@H]1c1ccc(OC)cc1OC. The topological polar surface area (TPSA) is 92.3 Å². The summed E-state index contributed by atoms with van der Waals surface area (Å²) in [6, 6.07) is 11.2. The summed E-state index contributed by atoms with van der Waals surface area (Å²) in [5, 5.41) is 3.40. The number of dihydropyridines is 1. The Balaban J connectivity index is 1.79. The lowest BCUT2D eigenvalue weighted by Crippen LogP contribution is -2.36. The molecule has 0 saturated carbocycles. The first-order chi connectivity index (χ1) is 18.9. The highest BCUT2D eigenvalue weighted by molar-refractivity contribution is 6.04. The molecule has 2 aliphatic rings. The molecule has 2 aromatic rings. The second-order valence-corrected chi connectivity index (χ2v) is 9.73. The molecule has 0 unspecified atom stereocenters. The van der Waals surface area contributed by atoms with E-state index in [1.165, 1.54) is 0 Å². The number of ether oxygens (including phenoxy) is 5. The molecule has 0 radical (unpaired) electrons. The number of carbonyl (C=O) groups is 2. The number of hydrogen-bond acceptors (Lipinski definition) is 8. The maximum absolute atomic E-state index is 13.9. The third kappa shape index (κ3) is 5.60. The van der Waals surface area contributed by atoms with E-state index >= 15 is 0 Å². The Bertz CT molecular complexity index is 1310. The molecule has 0 saturated heterocycles. The summed E-state index contributed by atoms with van der Waals surface area (Å²) < 4.78 is 27.6. The fourth-order valence-electron chi connectivity index (χ4n) is 5.41. The molecule has 1 aliphatic heterocycles. The molecule has 2 atom stereocenters. The van der Waals surface area contributed by atoms with Crippen LogP contribution in [0.1, 0.15) is 62.5 Å². The number of benzene rings is 2. The van der Waals surface area contributed by atoms with Crippen LogP contribution >= 0.6 is 0 Å². The first kappa shape index (κ1) is 28.1. The average Bonchev–Trinajstić information content (AvgIpc) is 2.95. The maximum Gasteiger partial charge on any atom is 0.336 e. The first-order valence-corrected chi connectivity index (χ1v) is 13.2. The van der Waals surface area contributed by atoms with E-state index in [1.54, 1.807) is 34.5 Å². The summed E-state index contributed by atoms with van der Waals surface area (Å²) in [6.45, 7) is 4.21. The van der Waals surface area contributed by atoms with E-state index < -0.39 is 11.9 Å². The molecule has 1 heterocycles. The number of esters is 1. The van der Waals surface area contributed by atoms with Gasteiger partial charge in [0, 0.05) is 35.0 Å². The highest BCUT2D eigenvalue weighted by atomic mass is 16.5. The van der Waals surface area contributed by atoms with Gasteiger partial charge < -0.3 is 29.0 Å². The number of allylic oxidation sites excluding steroid dienone is 3. The van der Waals surface area contributed by atoms with Crippen molar-refractivity contribution in [3.63, 3.8) is 0 Å². The zero-order chi connectivity index (χ0) is 28.1. The molecule has 0 bridgehead atoms. The lowest BCUT2D eigenvalue weighted by atomic mass is 9.71. The largest absolute Gasteiger partial charge is 0.497 e. The highest BCUT2D eigenvalue weighted by Gasteiger charge is 2.42. The van der Waals surface area contributed by atoms with Gasteiger partial charge in [0.1, 0.15) is 11.5 Å². The fraction of sp³-hybridized carbons (Fsp3) is 0.419. The summed E-state index contributed by atoms with van der Waals surface area (Å²) in [4.78, 5) is 27.4. The highest BCUT2D eigenvalue weighted by Crippen LogP contribution is 2.48. The van der Waals surface area contributed by atoms with Crippen molar-refractivity contribution in [3.8, 4) is 23.0 Å². The first-order valence-electron chi connectivity index (χ1n) is 13.2. The van der Waals surface area contributed by atoms with E-state index in [-0.39, 0.29) is 11.7 Å². The van der Waals surface area contributed by atoms with Gasteiger partial charge in [0.05, 0.1) is 46.5 Å². The van der Waals surface area contributed by atoms with Crippen molar-refractivity contribution in [3.05, 3.63) is 70.1 Å². The minimum absolute atomic E-state index is 0.0298. The van der Waals surface area contributed by atoms with Gasteiger partial charge in [-0.05, 0) is 49.4 Å². The van der Waals surface area contributed by atoms with Gasteiger partial charge in [0.15, 0.2) is 17.3 Å². The van der Waals surface area contributed by atoms with Gasteiger partial charge in [-0.3, -0.25) is 4.79 Å². The van der Waals surface area contributed by atoms with Crippen LogP contribution in [-0.2, 0) is 14.3 Å². The Kier molecular flexibility index (Phi) is 8.84. The average molecular weight is 536 g/mol. The monoisotopic (exact) mass is 535 g/mol. The second kappa shape index (κ2) is 12.3. The molecular weight excluding hydrogens is 498 g/mol. The van der Waals surface area contributed by atoms with Crippen molar-refractivity contribution in [1.29, 1.82) is 0 Å². The Labute approximate surface area is 229 Å². The van der Waals surface area contributed by atoms with Crippen molar-refractivity contribution >= 4 is 11.8 Å².